The van der Waals surface area contributed by atoms with Crippen LogP contribution in [0.2, 0.25) is 0 Å². The number of amides is 2. The van der Waals surface area contributed by atoms with Crippen LogP contribution in [0.1, 0.15) is 35.7 Å². The molecule has 0 aromatic heterocycles. The molecule has 2 amide bonds. The quantitative estimate of drug-likeness (QED) is 0.809. The summed E-state index contributed by atoms with van der Waals surface area (Å²) >= 11 is 0. The molecule has 0 saturated heterocycles. The van der Waals surface area contributed by atoms with E-state index in [1.54, 1.807) is 12.1 Å². The number of hydrogen-bond donors (Lipinski definition) is 2. The first-order valence-corrected chi connectivity index (χ1v) is 7.91. The molecule has 0 aliphatic carbocycles. The summed E-state index contributed by atoms with van der Waals surface area (Å²) in [5.74, 6) is -0.0868. The normalized spacial score (nSPS) is 10.4. The molecule has 3 N–H and O–H groups in total. The number of nitrogens with one attached hydrogen (secondary N) is 1. The zero-order chi connectivity index (χ0) is 18.4. The fourth-order valence-corrected chi connectivity index (χ4v) is 2.31. The van der Waals surface area contributed by atoms with Crippen molar-refractivity contribution in [3.8, 4) is 11.5 Å². The molecule has 0 heterocycles. The Balaban J connectivity index is 2.04. The topological polar surface area (TPSA) is 90.7 Å². The molecule has 6 nitrogen and oxygen atoms in total. The lowest BCUT2D eigenvalue weighted by Crippen LogP contribution is -2.22. The molecule has 0 bridgehead atoms. The Bertz CT molecular complexity index is 755. The van der Waals surface area contributed by atoms with Crippen LogP contribution in [0.5, 0.6) is 11.5 Å². The van der Waals surface area contributed by atoms with Crippen LogP contribution < -0.4 is 20.5 Å². The maximum Gasteiger partial charge on any atom is 0.262 e. The minimum atomic E-state index is -0.654. The summed E-state index contributed by atoms with van der Waals surface area (Å²) in [5.41, 5.74) is 7.36. The number of nitrogens with two attached hydrogens (primary N) is 1. The van der Waals surface area contributed by atoms with E-state index in [9.17, 15) is 9.59 Å². The van der Waals surface area contributed by atoms with Crippen molar-refractivity contribution in [1.29, 1.82) is 0 Å². The summed E-state index contributed by atoms with van der Waals surface area (Å²) in [6.45, 7) is 3.93. The fraction of sp³-hybridized carbons (Fsp3) is 0.263. The van der Waals surface area contributed by atoms with E-state index in [4.69, 9.17) is 15.2 Å². The predicted molar refractivity (Wildman–Crippen MR) is 96.2 cm³/mol. The van der Waals surface area contributed by atoms with Gasteiger partial charge in [-0.1, -0.05) is 32.0 Å². The Morgan fingerprint density at radius 3 is 2.36 bits per heavy atom. The largest absolute Gasteiger partial charge is 0.493 e. The second-order valence-electron chi connectivity index (χ2n) is 5.81. The molecule has 2 aromatic carbocycles. The van der Waals surface area contributed by atoms with E-state index in [2.05, 4.69) is 19.2 Å². The van der Waals surface area contributed by atoms with Crippen molar-refractivity contribution in [2.75, 3.05) is 19.0 Å². The molecule has 0 aliphatic heterocycles. The molecular weight excluding hydrogens is 320 g/mol. The van der Waals surface area contributed by atoms with E-state index in [1.165, 1.54) is 18.7 Å². The van der Waals surface area contributed by atoms with Crippen LogP contribution in [0, 0.1) is 0 Å². The number of hydrogen-bond acceptors (Lipinski definition) is 4. The van der Waals surface area contributed by atoms with Gasteiger partial charge in [-0.05, 0) is 35.7 Å². The van der Waals surface area contributed by atoms with E-state index in [-0.39, 0.29) is 23.8 Å². The predicted octanol–water partition coefficient (Wildman–Crippen LogP) is 2.94. The van der Waals surface area contributed by atoms with E-state index in [0.29, 0.717) is 17.4 Å². The smallest absolute Gasteiger partial charge is 0.262 e. The lowest BCUT2D eigenvalue weighted by atomic mass is 10.0. The molecule has 2 aromatic rings. The van der Waals surface area contributed by atoms with Crippen molar-refractivity contribution in [3.63, 3.8) is 0 Å². The van der Waals surface area contributed by atoms with E-state index >= 15 is 0 Å². The van der Waals surface area contributed by atoms with Gasteiger partial charge in [0.25, 0.3) is 11.8 Å². The molecule has 0 fully saturated rings. The van der Waals surface area contributed by atoms with Gasteiger partial charge in [-0.3, -0.25) is 9.59 Å². The SMILES string of the molecule is COc1cccc(C(N)=O)c1OCC(=O)Nc1ccc(C(C)C)cc1. The molecule has 132 valence electrons. The summed E-state index contributed by atoms with van der Waals surface area (Å²) < 4.78 is 10.6. The molecule has 2 rings (SSSR count). The lowest BCUT2D eigenvalue weighted by molar-refractivity contribution is -0.118. The van der Waals surface area contributed by atoms with Crippen molar-refractivity contribution in [2.45, 2.75) is 19.8 Å². The standard InChI is InChI=1S/C19H22N2O4/c1-12(2)13-7-9-14(10-8-13)21-17(22)11-25-18-15(19(20)23)5-4-6-16(18)24-3/h4-10,12H,11H2,1-3H3,(H2,20,23)(H,21,22). The minimum absolute atomic E-state index is 0.155. The Morgan fingerprint density at radius 1 is 1.12 bits per heavy atom. The fourth-order valence-electron chi connectivity index (χ4n) is 2.31. The summed E-state index contributed by atoms with van der Waals surface area (Å²) in [6, 6.07) is 12.4. The zero-order valence-corrected chi connectivity index (χ0v) is 14.5. The van der Waals surface area contributed by atoms with Crippen LogP contribution in [0.4, 0.5) is 5.69 Å². The molecule has 0 saturated carbocycles. The summed E-state index contributed by atoms with van der Waals surface area (Å²) in [6.07, 6.45) is 0. The number of methoxy groups -OCH3 is 1. The second kappa shape index (κ2) is 8.19. The molecular formula is C19H22N2O4. The summed E-state index contributed by atoms with van der Waals surface area (Å²) in [7, 11) is 1.45. The number of para-hydroxylation sites is 1. The average molecular weight is 342 g/mol. The highest BCUT2D eigenvalue weighted by molar-refractivity contribution is 5.97. The highest BCUT2D eigenvalue weighted by Gasteiger charge is 2.16. The van der Waals surface area contributed by atoms with Gasteiger partial charge in [-0.25, -0.2) is 0 Å². The van der Waals surface area contributed by atoms with Gasteiger partial charge in [0.05, 0.1) is 12.7 Å². The van der Waals surface area contributed by atoms with E-state index in [0.717, 1.165) is 0 Å². The first-order chi connectivity index (χ1) is 11.9. The molecule has 0 spiro atoms. The van der Waals surface area contributed by atoms with Gasteiger partial charge in [-0.2, -0.15) is 0 Å². The van der Waals surface area contributed by atoms with Crippen molar-refractivity contribution >= 4 is 17.5 Å². The maximum atomic E-state index is 12.1. The van der Waals surface area contributed by atoms with E-state index < -0.39 is 5.91 Å². The Kier molecular flexibility index (Phi) is 6.00. The van der Waals surface area contributed by atoms with E-state index in [1.807, 2.05) is 24.3 Å². The third-order valence-corrected chi connectivity index (χ3v) is 3.67. The summed E-state index contributed by atoms with van der Waals surface area (Å²) in [5, 5.41) is 2.74. The number of primary amides is 1. The Morgan fingerprint density at radius 2 is 1.80 bits per heavy atom. The number of anilines is 1. The van der Waals surface area contributed by atoms with Gasteiger partial charge >= 0.3 is 0 Å². The zero-order valence-electron chi connectivity index (χ0n) is 14.5. The van der Waals surface area contributed by atoms with Crippen LogP contribution in [-0.2, 0) is 4.79 Å². The van der Waals surface area contributed by atoms with Gasteiger partial charge in [0, 0.05) is 5.69 Å². The van der Waals surface area contributed by atoms with Gasteiger partial charge in [0.15, 0.2) is 18.1 Å². The third-order valence-electron chi connectivity index (χ3n) is 3.67. The third kappa shape index (κ3) is 4.73. The Hall–Kier alpha value is -3.02. The monoisotopic (exact) mass is 342 g/mol. The maximum absolute atomic E-state index is 12.1. The van der Waals surface area contributed by atoms with Crippen molar-refractivity contribution in [3.05, 3.63) is 53.6 Å². The van der Waals surface area contributed by atoms with Crippen LogP contribution in [-0.4, -0.2) is 25.5 Å². The first kappa shape index (κ1) is 18.3. The van der Waals surface area contributed by atoms with Crippen molar-refractivity contribution < 1.29 is 19.1 Å². The molecule has 25 heavy (non-hydrogen) atoms. The van der Waals surface area contributed by atoms with Gasteiger partial charge in [-0.15, -0.1) is 0 Å². The molecule has 0 atom stereocenters. The highest BCUT2D eigenvalue weighted by atomic mass is 16.5. The molecule has 6 heteroatoms. The van der Waals surface area contributed by atoms with Crippen LogP contribution in [0.3, 0.4) is 0 Å². The number of ether oxygens (including phenoxy) is 2. The first-order valence-electron chi connectivity index (χ1n) is 7.91. The average Bonchev–Trinajstić information content (AvgIpc) is 2.59. The number of carbonyl (C=O) groups excluding carboxylic acids is 2. The molecule has 0 unspecified atom stereocenters. The van der Waals surface area contributed by atoms with Crippen LogP contribution >= 0.6 is 0 Å². The minimum Gasteiger partial charge on any atom is -0.493 e. The Labute approximate surface area is 146 Å². The van der Waals surface area contributed by atoms with Crippen LogP contribution in [0.25, 0.3) is 0 Å². The van der Waals surface area contributed by atoms with Gasteiger partial charge < -0.3 is 20.5 Å². The number of rotatable bonds is 7. The van der Waals surface area contributed by atoms with Crippen molar-refractivity contribution in [1.82, 2.24) is 0 Å². The lowest BCUT2D eigenvalue weighted by Gasteiger charge is -2.13. The van der Waals surface area contributed by atoms with Crippen molar-refractivity contribution in [2.24, 2.45) is 5.73 Å². The molecule has 0 aliphatic rings. The van der Waals surface area contributed by atoms with Gasteiger partial charge in [0.1, 0.15) is 0 Å². The van der Waals surface area contributed by atoms with Crippen LogP contribution in [0.15, 0.2) is 42.5 Å². The second-order valence-corrected chi connectivity index (χ2v) is 5.81. The number of carbonyl (C=O) groups is 2. The number of benzene rings is 2. The highest BCUT2D eigenvalue weighted by Crippen LogP contribution is 2.30. The molecule has 0 radical (unpaired) electrons. The van der Waals surface area contributed by atoms with Gasteiger partial charge in [0.2, 0.25) is 0 Å². The summed E-state index contributed by atoms with van der Waals surface area (Å²) in [4.78, 5) is 23.6.